The van der Waals surface area contributed by atoms with Gasteiger partial charge in [-0.25, -0.2) is 0 Å². The number of nitrogens with zero attached hydrogens (tertiary/aromatic N) is 1. The highest BCUT2D eigenvalue weighted by atomic mass is 19.3. The normalized spacial score (nSPS) is 26.1. The van der Waals surface area contributed by atoms with Gasteiger partial charge < -0.3 is 20.7 Å². The van der Waals surface area contributed by atoms with Gasteiger partial charge in [-0.2, -0.15) is 8.78 Å². The molecule has 0 bridgehead atoms. The summed E-state index contributed by atoms with van der Waals surface area (Å²) in [5.41, 5.74) is 6.55. The van der Waals surface area contributed by atoms with Gasteiger partial charge in [0.1, 0.15) is 11.8 Å². The van der Waals surface area contributed by atoms with E-state index in [2.05, 4.69) is 10.1 Å². The molecule has 3 N–H and O–H groups in total. The highest BCUT2D eigenvalue weighted by molar-refractivity contribution is 6.00. The number of hydrogen-bond donors (Lipinski definition) is 2. The van der Waals surface area contributed by atoms with Crippen LogP contribution in [-0.4, -0.2) is 37.1 Å². The molecule has 1 aromatic carbocycles. The molecule has 1 aliphatic heterocycles. The summed E-state index contributed by atoms with van der Waals surface area (Å²) in [6, 6.07) is 5.42. The minimum absolute atomic E-state index is 0.0386. The molecule has 3 rings (SSSR count). The third-order valence-electron chi connectivity index (χ3n) is 5.21. The summed E-state index contributed by atoms with van der Waals surface area (Å²) in [5, 5.41) is 2.89. The number of carbonyl (C=O) groups excluding carboxylic acids is 2. The lowest BCUT2D eigenvalue weighted by Crippen LogP contribution is -2.54. The Hall–Kier alpha value is -2.22. The van der Waals surface area contributed by atoms with Crippen molar-refractivity contribution in [1.29, 1.82) is 0 Å². The maximum Gasteiger partial charge on any atom is 0.387 e. The largest absolute Gasteiger partial charge is 0.435 e. The van der Waals surface area contributed by atoms with E-state index in [1.54, 1.807) is 17.0 Å². The van der Waals surface area contributed by atoms with Gasteiger partial charge in [-0.1, -0.05) is 6.42 Å². The summed E-state index contributed by atoms with van der Waals surface area (Å²) in [5.74, 6) is -0.386. The number of carbonyl (C=O) groups is 2. The molecule has 2 amide bonds. The molecule has 3 atom stereocenters. The zero-order valence-electron chi connectivity index (χ0n) is 15.1. The number of nitrogens with one attached hydrogen (secondary N) is 1. The van der Waals surface area contributed by atoms with Crippen LogP contribution in [0.2, 0.25) is 0 Å². The Morgan fingerprint density at radius 1 is 1.19 bits per heavy atom. The quantitative estimate of drug-likeness (QED) is 0.820. The molecule has 3 unspecified atom stereocenters. The Bertz CT molecular complexity index is 669. The average Bonchev–Trinajstić information content (AvgIpc) is 2.64. The van der Waals surface area contributed by atoms with E-state index in [0.29, 0.717) is 25.1 Å². The van der Waals surface area contributed by atoms with E-state index in [1.165, 1.54) is 12.1 Å². The van der Waals surface area contributed by atoms with Gasteiger partial charge in [-0.3, -0.25) is 9.59 Å². The van der Waals surface area contributed by atoms with Crippen molar-refractivity contribution in [2.45, 2.75) is 57.2 Å². The summed E-state index contributed by atoms with van der Waals surface area (Å²) in [7, 11) is 0. The minimum Gasteiger partial charge on any atom is -0.435 e. The molecule has 27 heavy (non-hydrogen) atoms. The summed E-state index contributed by atoms with van der Waals surface area (Å²) in [4.78, 5) is 26.9. The van der Waals surface area contributed by atoms with Crippen LogP contribution in [0.1, 0.15) is 38.5 Å². The molecule has 1 saturated heterocycles. The van der Waals surface area contributed by atoms with Crippen molar-refractivity contribution >= 4 is 17.5 Å². The maximum absolute atomic E-state index is 12.8. The molecule has 1 heterocycles. The molecule has 148 valence electrons. The number of ether oxygens (including phenoxy) is 1. The molecule has 2 aliphatic rings. The highest BCUT2D eigenvalue weighted by Crippen LogP contribution is 2.26. The van der Waals surface area contributed by atoms with Crippen LogP contribution >= 0.6 is 0 Å². The van der Waals surface area contributed by atoms with Crippen LogP contribution in [0, 0.1) is 5.92 Å². The average molecular weight is 381 g/mol. The first-order chi connectivity index (χ1) is 12.9. The minimum atomic E-state index is -2.89. The predicted octanol–water partition coefficient (Wildman–Crippen LogP) is 2.42. The molecule has 0 radical (unpaired) electrons. The van der Waals surface area contributed by atoms with Gasteiger partial charge in [0, 0.05) is 24.2 Å². The van der Waals surface area contributed by atoms with E-state index in [-0.39, 0.29) is 29.5 Å². The van der Waals surface area contributed by atoms with Crippen molar-refractivity contribution in [2.24, 2.45) is 11.7 Å². The van der Waals surface area contributed by atoms with Gasteiger partial charge in [-0.05, 0) is 56.4 Å². The molecule has 0 aromatic heterocycles. The first-order valence-electron chi connectivity index (χ1n) is 9.36. The zero-order chi connectivity index (χ0) is 19.4. The smallest absolute Gasteiger partial charge is 0.387 e. The van der Waals surface area contributed by atoms with E-state index < -0.39 is 12.7 Å². The predicted molar refractivity (Wildman–Crippen MR) is 96.5 cm³/mol. The van der Waals surface area contributed by atoms with Crippen molar-refractivity contribution in [3.8, 4) is 5.75 Å². The lowest BCUT2D eigenvalue weighted by atomic mass is 9.85. The van der Waals surface area contributed by atoms with Crippen LogP contribution < -0.4 is 20.7 Å². The number of hydrogen-bond acceptors (Lipinski definition) is 4. The first-order valence-corrected chi connectivity index (χ1v) is 9.36. The van der Waals surface area contributed by atoms with Crippen LogP contribution in [0.5, 0.6) is 5.75 Å². The Morgan fingerprint density at radius 2 is 1.93 bits per heavy atom. The number of nitrogens with two attached hydrogens (primary N) is 1. The number of amides is 2. The molecule has 0 spiro atoms. The lowest BCUT2D eigenvalue weighted by molar-refractivity contribution is -0.131. The van der Waals surface area contributed by atoms with Crippen LogP contribution in [0.25, 0.3) is 0 Å². The summed E-state index contributed by atoms with van der Waals surface area (Å²) < 4.78 is 28.8. The fourth-order valence-corrected chi connectivity index (χ4v) is 3.83. The summed E-state index contributed by atoms with van der Waals surface area (Å²) >= 11 is 0. The number of rotatable bonds is 5. The Labute approximate surface area is 157 Å². The standard InChI is InChI=1S/C19H25F2N3O3/c20-19(21)27-15-8-6-14(7-9-15)24-10-2-5-16(18(24)26)23-17(25)12-3-1-4-13(22)11-12/h6-9,12-13,16,19H,1-5,10-11,22H2,(H,23,25). The molecule has 2 fully saturated rings. The Kier molecular flexibility index (Phi) is 6.26. The van der Waals surface area contributed by atoms with Crippen molar-refractivity contribution in [1.82, 2.24) is 5.32 Å². The molecule has 6 nitrogen and oxygen atoms in total. The van der Waals surface area contributed by atoms with Crippen LogP contribution in [0.4, 0.5) is 14.5 Å². The van der Waals surface area contributed by atoms with Gasteiger partial charge in [0.25, 0.3) is 0 Å². The Balaban J connectivity index is 1.62. The third-order valence-corrected chi connectivity index (χ3v) is 5.21. The molecule has 1 aliphatic carbocycles. The SMILES string of the molecule is NC1CCCC(C(=O)NC2CCCN(c3ccc(OC(F)F)cc3)C2=O)C1. The number of piperidine rings is 1. The number of benzene rings is 1. The van der Waals surface area contributed by atoms with E-state index in [1.807, 2.05) is 0 Å². The van der Waals surface area contributed by atoms with E-state index in [9.17, 15) is 18.4 Å². The number of anilines is 1. The van der Waals surface area contributed by atoms with Crippen LogP contribution in [-0.2, 0) is 9.59 Å². The molecule has 8 heteroatoms. The second kappa shape index (κ2) is 8.65. The van der Waals surface area contributed by atoms with Crippen molar-refractivity contribution in [3.63, 3.8) is 0 Å². The van der Waals surface area contributed by atoms with Gasteiger partial charge in [0.2, 0.25) is 11.8 Å². The van der Waals surface area contributed by atoms with Gasteiger partial charge in [0.15, 0.2) is 0 Å². The fraction of sp³-hybridized carbons (Fsp3) is 0.579. The highest BCUT2D eigenvalue weighted by Gasteiger charge is 2.33. The van der Waals surface area contributed by atoms with E-state index in [0.717, 1.165) is 25.7 Å². The van der Waals surface area contributed by atoms with Crippen LogP contribution in [0.15, 0.2) is 24.3 Å². The van der Waals surface area contributed by atoms with Gasteiger partial charge in [0.05, 0.1) is 0 Å². The van der Waals surface area contributed by atoms with Crippen molar-refractivity contribution < 1.29 is 23.1 Å². The third kappa shape index (κ3) is 4.94. The number of halogens is 2. The fourth-order valence-electron chi connectivity index (χ4n) is 3.83. The maximum atomic E-state index is 12.8. The monoisotopic (exact) mass is 381 g/mol. The van der Waals surface area contributed by atoms with Crippen molar-refractivity contribution in [3.05, 3.63) is 24.3 Å². The second-order valence-corrected chi connectivity index (χ2v) is 7.19. The summed E-state index contributed by atoms with van der Waals surface area (Å²) in [6.45, 7) is -2.37. The molecular formula is C19H25F2N3O3. The topological polar surface area (TPSA) is 84.7 Å². The van der Waals surface area contributed by atoms with Crippen molar-refractivity contribution in [2.75, 3.05) is 11.4 Å². The second-order valence-electron chi connectivity index (χ2n) is 7.19. The first kappa shape index (κ1) is 19.5. The number of alkyl halides is 2. The zero-order valence-corrected chi connectivity index (χ0v) is 15.1. The van der Waals surface area contributed by atoms with E-state index in [4.69, 9.17) is 5.73 Å². The molecule has 1 aromatic rings. The summed E-state index contributed by atoms with van der Waals surface area (Å²) in [6.07, 6.45) is 4.66. The van der Waals surface area contributed by atoms with E-state index >= 15 is 0 Å². The Morgan fingerprint density at radius 3 is 2.59 bits per heavy atom. The molecule has 1 saturated carbocycles. The molecular weight excluding hydrogens is 356 g/mol. The van der Waals surface area contributed by atoms with Crippen LogP contribution in [0.3, 0.4) is 0 Å². The van der Waals surface area contributed by atoms with Gasteiger partial charge >= 0.3 is 6.61 Å². The van der Waals surface area contributed by atoms with Gasteiger partial charge in [-0.15, -0.1) is 0 Å². The lowest BCUT2D eigenvalue weighted by Gasteiger charge is -2.34.